The van der Waals surface area contributed by atoms with Crippen molar-refractivity contribution >= 4 is 11.9 Å². The number of amides is 1. The molecule has 1 saturated heterocycles. The second kappa shape index (κ2) is 5.56. The minimum absolute atomic E-state index is 0.197. The Kier molecular flexibility index (Phi) is 4.01. The number of nitrogens with zero attached hydrogens (tertiary/aromatic N) is 1. The van der Waals surface area contributed by atoms with E-state index in [4.69, 9.17) is 5.11 Å². The number of hydrogen-bond donors (Lipinski definition) is 1. The first-order chi connectivity index (χ1) is 9.41. The number of carbonyl (C=O) groups excluding carboxylic acids is 1. The minimum Gasteiger partial charge on any atom is -0.481 e. The highest BCUT2D eigenvalue weighted by Crippen LogP contribution is 2.22. The molecule has 1 amide bonds. The van der Waals surface area contributed by atoms with Crippen molar-refractivity contribution < 1.29 is 23.5 Å². The van der Waals surface area contributed by atoms with Gasteiger partial charge in [-0.2, -0.15) is 0 Å². The first kappa shape index (κ1) is 14.4. The smallest absolute Gasteiger partial charge is 0.306 e. The molecule has 1 aliphatic rings. The van der Waals surface area contributed by atoms with Gasteiger partial charge >= 0.3 is 5.97 Å². The zero-order valence-corrected chi connectivity index (χ0v) is 11.0. The molecule has 1 heterocycles. The van der Waals surface area contributed by atoms with Crippen molar-refractivity contribution in [3.8, 4) is 0 Å². The van der Waals surface area contributed by atoms with Gasteiger partial charge in [-0.15, -0.1) is 0 Å². The lowest BCUT2D eigenvalue weighted by atomic mass is 9.96. The molecule has 20 heavy (non-hydrogen) atoms. The maximum Gasteiger partial charge on any atom is 0.306 e. The summed E-state index contributed by atoms with van der Waals surface area (Å²) in [5.41, 5.74) is -0.353. The Morgan fingerprint density at radius 2 is 1.85 bits per heavy atom. The Bertz CT molecular complexity index is 552. The summed E-state index contributed by atoms with van der Waals surface area (Å²) in [5, 5.41) is 8.88. The number of likely N-dealkylation sites (tertiary alicyclic amines) is 1. The lowest BCUT2D eigenvalue weighted by Gasteiger charge is -2.30. The number of benzene rings is 1. The summed E-state index contributed by atoms with van der Waals surface area (Å²) in [6.07, 6.45) is 0.603. The van der Waals surface area contributed by atoms with E-state index >= 15 is 0 Å². The first-order valence-electron chi connectivity index (χ1n) is 6.38. The van der Waals surface area contributed by atoms with E-state index in [1.807, 2.05) is 0 Å². The van der Waals surface area contributed by atoms with Crippen LogP contribution in [-0.4, -0.2) is 35.0 Å². The lowest BCUT2D eigenvalue weighted by molar-refractivity contribution is -0.143. The standard InChI is InChI=1S/C14H15F2NO3/c1-8-2-3-10(15)11(12(8)16)13(18)17-6-4-9(5-7-17)14(19)20/h2-3,9H,4-7H2,1H3,(H,19,20). The molecule has 0 bridgehead atoms. The van der Waals surface area contributed by atoms with Crippen molar-refractivity contribution in [2.75, 3.05) is 13.1 Å². The number of halogens is 2. The van der Waals surface area contributed by atoms with E-state index in [1.54, 1.807) is 0 Å². The molecule has 0 saturated carbocycles. The van der Waals surface area contributed by atoms with E-state index in [0.717, 1.165) is 6.07 Å². The van der Waals surface area contributed by atoms with E-state index in [2.05, 4.69) is 0 Å². The van der Waals surface area contributed by atoms with E-state index in [0.29, 0.717) is 12.8 Å². The molecule has 1 aliphatic heterocycles. The number of aliphatic carboxylic acids is 1. The highest BCUT2D eigenvalue weighted by molar-refractivity contribution is 5.95. The van der Waals surface area contributed by atoms with Crippen LogP contribution in [-0.2, 0) is 4.79 Å². The van der Waals surface area contributed by atoms with Crippen LogP contribution in [0.25, 0.3) is 0 Å². The average Bonchev–Trinajstić information content (AvgIpc) is 2.43. The van der Waals surface area contributed by atoms with Gasteiger partial charge in [0.2, 0.25) is 0 Å². The van der Waals surface area contributed by atoms with Crippen LogP contribution in [0.2, 0.25) is 0 Å². The van der Waals surface area contributed by atoms with E-state index < -0.39 is 35.0 Å². The molecule has 1 fully saturated rings. The van der Waals surface area contributed by atoms with Crippen LogP contribution in [0.3, 0.4) is 0 Å². The van der Waals surface area contributed by atoms with Gasteiger partial charge in [-0.25, -0.2) is 8.78 Å². The monoisotopic (exact) mass is 283 g/mol. The Hall–Kier alpha value is -1.98. The zero-order chi connectivity index (χ0) is 14.9. The van der Waals surface area contributed by atoms with E-state index in [1.165, 1.54) is 17.9 Å². The molecule has 4 nitrogen and oxygen atoms in total. The van der Waals surface area contributed by atoms with Crippen molar-refractivity contribution in [1.82, 2.24) is 4.90 Å². The second-order valence-electron chi connectivity index (χ2n) is 4.96. The number of piperidine rings is 1. The van der Waals surface area contributed by atoms with Crippen molar-refractivity contribution in [1.29, 1.82) is 0 Å². The highest BCUT2D eigenvalue weighted by atomic mass is 19.1. The van der Waals surface area contributed by atoms with E-state index in [9.17, 15) is 18.4 Å². The Morgan fingerprint density at radius 3 is 2.40 bits per heavy atom. The van der Waals surface area contributed by atoms with Crippen molar-refractivity contribution in [3.63, 3.8) is 0 Å². The van der Waals surface area contributed by atoms with Crippen molar-refractivity contribution in [2.45, 2.75) is 19.8 Å². The van der Waals surface area contributed by atoms with Gasteiger partial charge in [-0.3, -0.25) is 9.59 Å². The highest BCUT2D eigenvalue weighted by Gasteiger charge is 2.30. The average molecular weight is 283 g/mol. The molecule has 108 valence electrons. The van der Waals surface area contributed by atoms with Crippen LogP contribution in [0, 0.1) is 24.5 Å². The number of carboxylic acids is 1. The number of hydrogen-bond acceptors (Lipinski definition) is 2. The van der Waals surface area contributed by atoms with Gasteiger partial charge in [0.15, 0.2) is 0 Å². The lowest BCUT2D eigenvalue weighted by Crippen LogP contribution is -2.41. The normalized spacial score (nSPS) is 16.2. The van der Waals surface area contributed by atoms with Crippen LogP contribution in [0.4, 0.5) is 8.78 Å². The van der Waals surface area contributed by atoms with Gasteiger partial charge in [-0.05, 0) is 31.4 Å². The molecule has 1 N–H and O–H groups in total. The third kappa shape index (κ3) is 2.64. The van der Waals surface area contributed by atoms with Crippen LogP contribution in [0.1, 0.15) is 28.8 Å². The molecule has 0 unspecified atom stereocenters. The van der Waals surface area contributed by atoms with Gasteiger partial charge in [0.05, 0.1) is 5.92 Å². The third-order valence-electron chi connectivity index (χ3n) is 3.63. The Morgan fingerprint density at radius 1 is 1.25 bits per heavy atom. The molecule has 6 heteroatoms. The minimum atomic E-state index is -0.898. The molecule has 0 aliphatic carbocycles. The third-order valence-corrected chi connectivity index (χ3v) is 3.63. The summed E-state index contributed by atoms with van der Waals surface area (Å²) in [6, 6.07) is 2.34. The fourth-order valence-electron chi connectivity index (χ4n) is 2.34. The number of aryl methyl sites for hydroxylation is 1. The maximum absolute atomic E-state index is 13.9. The van der Waals surface area contributed by atoms with Crippen molar-refractivity contribution in [2.24, 2.45) is 5.92 Å². The van der Waals surface area contributed by atoms with Crippen LogP contribution in [0.15, 0.2) is 12.1 Å². The molecular formula is C14H15F2NO3. The Labute approximate surface area is 115 Å². The molecular weight excluding hydrogens is 268 g/mol. The summed E-state index contributed by atoms with van der Waals surface area (Å²) in [4.78, 5) is 24.3. The summed E-state index contributed by atoms with van der Waals surface area (Å²) < 4.78 is 27.6. The maximum atomic E-state index is 13.9. The summed E-state index contributed by atoms with van der Waals surface area (Å²) in [7, 11) is 0. The number of rotatable bonds is 2. The van der Waals surface area contributed by atoms with Crippen LogP contribution >= 0.6 is 0 Å². The topological polar surface area (TPSA) is 57.6 Å². The molecule has 0 radical (unpaired) electrons. The fraction of sp³-hybridized carbons (Fsp3) is 0.429. The fourth-order valence-corrected chi connectivity index (χ4v) is 2.34. The van der Waals surface area contributed by atoms with E-state index in [-0.39, 0.29) is 18.7 Å². The molecule has 1 aromatic carbocycles. The predicted molar refractivity (Wildman–Crippen MR) is 67.4 cm³/mol. The molecule has 1 aromatic rings. The number of carboxylic acid groups (broad SMARTS) is 1. The van der Waals surface area contributed by atoms with Gasteiger partial charge in [0.1, 0.15) is 17.2 Å². The Balaban J connectivity index is 2.18. The molecule has 0 atom stereocenters. The number of carbonyl (C=O) groups is 2. The molecule has 0 spiro atoms. The zero-order valence-electron chi connectivity index (χ0n) is 11.0. The first-order valence-corrected chi connectivity index (χ1v) is 6.38. The molecule has 2 rings (SSSR count). The largest absolute Gasteiger partial charge is 0.481 e. The molecule has 0 aromatic heterocycles. The van der Waals surface area contributed by atoms with Gasteiger partial charge in [0.25, 0.3) is 5.91 Å². The summed E-state index contributed by atoms with van der Waals surface area (Å²) >= 11 is 0. The van der Waals surface area contributed by atoms with Gasteiger partial charge in [-0.1, -0.05) is 6.07 Å². The summed E-state index contributed by atoms with van der Waals surface area (Å²) in [6.45, 7) is 1.85. The predicted octanol–water partition coefficient (Wildman–Crippen LogP) is 2.21. The van der Waals surface area contributed by atoms with Crippen LogP contribution in [0.5, 0.6) is 0 Å². The summed E-state index contributed by atoms with van der Waals surface area (Å²) in [5.74, 6) is -3.85. The van der Waals surface area contributed by atoms with Crippen molar-refractivity contribution in [3.05, 3.63) is 34.9 Å². The second-order valence-corrected chi connectivity index (χ2v) is 4.96. The van der Waals surface area contributed by atoms with Gasteiger partial charge < -0.3 is 10.0 Å². The van der Waals surface area contributed by atoms with Crippen LogP contribution < -0.4 is 0 Å². The quantitative estimate of drug-likeness (QED) is 0.905. The van der Waals surface area contributed by atoms with Gasteiger partial charge in [0, 0.05) is 13.1 Å². The SMILES string of the molecule is Cc1ccc(F)c(C(=O)N2CCC(C(=O)O)CC2)c1F.